The third kappa shape index (κ3) is 2.98. The Kier molecular flexibility index (Phi) is 4.15. The molecule has 0 spiro atoms. The van der Waals surface area contributed by atoms with Crippen molar-refractivity contribution in [2.24, 2.45) is 0 Å². The molecule has 0 amide bonds. The lowest BCUT2D eigenvalue weighted by atomic mass is 10.1. The summed E-state index contributed by atoms with van der Waals surface area (Å²) in [6.07, 6.45) is 1.27. The van der Waals surface area contributed by atoms with E-state index in [1.807, 2.05) is 6.07 Å². The van der Waals surface area contributed by atoms with Gasteiger partial charge in [-0.3, -0.25) is 4.90 Å². The van der Waals surface area contributed by atoms with E-state index in [0.29, 0.717) is 17.7 Å². The Bertz CT molecular complexity index is 698. The van der Waals surface area contributed by atoms with Crippen LogP contribution < -0.4 is 9.64 Å². The summed E-state index contributed by atoms with van der Waals surface area (Å²) in [4.78, 5) is 4.90. The Morgan fingerprint density at radius 2 is 1.75 bits per heavy atom. The molecule has 2 aliphatic rings. The molecular formula is C20H23FN2O. The van der Waals surface area contributed by atoms with E-state index in [1.165, 1.54) is 24.1 Å². The van der Waals surface area contributed by atoms with E-state index in [9.17, 15) is 4.39 Å². The molecule has 2 aromatic rings. The van der Waals surface area contributed by atoms with Crippen molar-refractivity contribution in [1.82, 2.24) is 4.90 Å². The molecule has 126 valence electrons. The molecule has 1 aliphatic heterocycles. The molecule has 0 unspecified atom stereocenters. The summed E-state index contributed by atoms with van der Waals surface area (Å²) in [5.74, 6) is 1.06. The van der Waals surface area contributed by atoms with Crippen LogP contribution in [0.25, 0.3) is 0 Å². The Hall–Kier alpha value is -2.07. The summed E-state index contributed by atoms with van der Waals surface area (Å²) in [6, 6.07) is 16.3. The highest BCUT2D eigenvalue weighted by Crippen LogP contribution is 2.45. The fraction of sp³-hybridized carbons (Fsp3) is 0.400. The van der Waals surface area contributed by atoms with Gasteiger partial charge in [0.05, 0.1) is 12.8 Å². The van der Waals surface area contributed by atoms with Gasteiger partial charge in [0.25, 0.3) is 0 Å². The van der Waals surface area contributed by atoms with Crippen LogP contribution in [0, 0.1) is 5.82 Å². The van der Waals surface area contributed by atoms with Gasteiger partial charge in [0.15, 0.2) is 0 Å². The van der Waals surface area contributed by atoms with Crippen molar-refractivity contribution in [1.29, 1.82) is 0 Å². The smallest absolute Gasteiger partial charge is 0.145 e. The molecule has 0 radical (unpaired) electrons. The van der Waals surface area contributed by atoms with Gasteiger partial charge >= 0.3 is 0 Å². The quantitative estimate of drug-likeness (QED) is 0.855. The molecule has 2 atom stereocenters. The molecule has 0 bridgehead atoms. The first-order valence-corrected chi connectivity index (χ1v) is 8.64. The number of piperazine rings is 1. The van der Waals surface area contributed by atoms with E-state index < -0.39 is 0 Å². The van der Waals surface area contributed by atoms with Gasteiger partial charge in [-0.2, -0.15) is 0 Å². The molecule has 3 nitrogen and oxygen atoms in total. The topological polar surface area (TPSA) is 15.7 Å². The number of nitrogens with zero attached hydrogens (tertiary/aromatic N) is 2. The van der Waals surface area contributed by atoms with Gasteiger partial charge in [-0.15, -0.1) is 0 Å². The lowest BCUT2D eigenvalue weighted by Crippen LogP contribution is -2.47. The molecular weight excluding hydrogens is 303 g/mol. The van der Waals surface area contributed by atoms with Crippen LogP contribution in [0.1, 0.15) is 17.9 Å². The zero-order valence-electron chi connectivity index (χ0n) is 14.0. The summed E-state index contributed by atoms with van der Waals surface area (Å²) < 4.78 is 18.7. The second-order valence-electron chi connectivity index (χ2n) is 6.66. The van der Waals surface area contributed by atoms with E-state index in [2.05, 4.69) is 40.1 Å². The van der Waals surface area contributed by atoms with Gasteiger partial charge in [-0.05, 0) is 24.1 Å². The van der Waals surface area contributed by atoms with Gasteiger partial charge in [0.1, 0.15) is 11.6 Å². The van der Waals surface area contributed by atoms with Crippen LogP contribution in [-0.2, 0) is 0 Å². The number of methoxy groups -OCH3 is 1. The van der Waals surface area contributed by atoms with Gasteiger partial charge in [-0.1, -0.05) is 30.3 Å². The van der Waals surface area contributed by atoms with Crippen LogP contribution >= 0.6 is 0 Å². The lowest BCUT2D eigenvalue weighted by molar-refractivity contribution is 0.243. The van der Waals surface area contributed by atoms with Crippen molar-refractivity contribution in [2.45, 2.75) is 18.4 Å². The first-order valence-electron chi connectivity index (χ1n) is 8.64. The normalized spacial score (nSPS) is 24.0. The molecule has 1 heterocycles. The fourth-order valence-electron chi connectivity index (χ4n) is 3.85. The van der Waals surface area contributed by atoms with E-state index >= 15 is 0 Å². The summed E-state index contributed by atoms with van der Waals surface area (Å²) in [7, 11) is 1.60. The second kappa shape index (κ2) is 6.44. The molecule has 2 aromatic carbocycles. The Labute approximate surface area is 142 Å². The number of hydrogen-bond donors (Lipinski definition) is 0. The monoisotopic (exact) mass is 326 g/mol. The first kappa shape index (κ1) is 15.5. The van der Waals surface area contributed by atoms with Gasteiger partial charge in [0, 0.05) is 44.2 Å². The molecule has 4 heteroatoms. The summed E-state index contributed by atoms with van der Waals surface area (Å²) >= 11 is 0. The Morgan fingerprint density at radius 1 is 1.00 bits per heavy atom. The van der Waals surface area contributed by atoms with Crippen molar-refractivity contribution >= 4 is 5.69 Å². The maximum absolute atomic E-state index is 13.4. The average Bonchev–Trinajstić information content (AvgIpc) is 3.43. The summed E-state index contributed by atoms with van der Waals surface area (Å²) in [5.41, 5.74) is 2.46. The third-order valence-corrected chi connectivity index (χ3v) is 5.25. The zero-order chi connectivity index (χ0) is 16.5. The van der Waals surface area contributed by atoms with E-state index in [-0.39, 0.29) is 5.82 Å². The lowest BCUT2D eigenvalue weighted by Gasteiger charge is -2.37. The van der Waals surface area contributed by atoms with Crippen molar-refractivity contribution in [3.63, 3.8) is 0 Å². The van der Waals surface area contributed by atoms with Gasteiger partial charge in [0.2, 0.25) is 0 Å². The SMILES string of the molecule is COc1cc(F)ccc1N1CCN([C@H]2C[C@@H]2c2ccccc2)CC1. The standard InChI is InChI=1S/C20H23FN2O/c1-24-20-13-16(21)7-8-18(20)22-9-11-23(12-10-22)19-14-17(19)15-5-3-2-4-6-15/h2-8,13,17,19H,9-12,14H2,1H3/t17-,19+/m1/s1. The van der Waals surface area contributed by atoms with Crippen LogP contribution in [0.15, 0.2) is 48.5 Å². The molecule has 1 saturated carbocycles. The summed E-state index contributed by atoms with van der Waals surface area (Å²) in [5, 5.41) is 0. The number of ether oxygens (including phenoxy) is 1. The molecule has 2 fully saturated rings. The van der Waals surface area contributed by atoms with Crippen LogP contribution in [0.4, 0.5) is 10.1 Å². The maximum Gasteiger partial charge on any atom is 0.145 e. The number of halogens is 1. The molecule has 1 saturated heterocycles. The molecule has 0 aromatic heterocycles. The van der Waals surface area contributed by atoms with E-state index in [4.69, 9.17) is 4.74 Å². The number of anilines is 1. The second-order valence-corrected chi connectivity index (χ2v) is 6.66. The molecule has 4 rings (SSSR count). The number of benzene rings is 2. The zero-order valence-corrected chi connectivity index (χ0v) is 14.0. The molecule has 24 heavy (non-hydrogen) atoms. The van der Waals surface area contributed by atoms with Crippen molar-refractivity contribution in [3.05, 3.63) is 59.9 Å². The fourth-order valence-corrected chi connectivity index (χ4v) is 3.85. The average molecular weight is 326 g/mol. The van der Waals surface area contributed by atoms with Crippen LogP contribution in [0.2, 0.25) is 0 Å². The minimum atomic E-state index is -0.252. The van der Waals surface area contributed by atoms with E-state index in [0.717, 1.165) is 31.9 Å². The van der Waals surface area contributed by atoms with Crippen molar-refractivity contribution in [3.8, 4) is 5.75 Å². The highest BCUT2D eigenvalue weighted by Gasteiger charge is 2.43. The highest BCUT2D eigenvalue weighted by atomic mass is 19.1. The van der Waals surface area contributed by atoms with E-state index in [1.54, 1.807) is 7.11 Å². The first-order chi connectivity index (χ1) is 11.8. The molecule has 0 N–H and O–H groups in total. The summed E-state index contributed by atoms with van der Waals surface area (Å²) in [6.45, 7) is 4.02. The van der Waals surface area contributed by atoms with Crippen LogP contribution in [-0.4, -0.2) is 44.2 Å². The Morgan fingerprint density at radius 3 is 2.46 bits per heavy atom. The van der Waals surface area contributed by atoms with Crippen LogP contribution in [0.5, 0.6) is 5.75 Å². The van der Waals surface area contributed by atoms with Crippen LogP contribution in [0.3, 0.4) is 0 Å². The minimum absolute atomic E-state index is 0.252. The predicted molar refractivity (Wildman–Crippen MR) is 94.3 cm³/mol. The predicted octanol–water partition coefficient (Wildman–Crippen LogP) is 3.51. The highest BCUT2D eigenvalue weighted by molar-refractivity contribution is 5.59. The molecule has 1 aliphatic carbocycles. The number of rotatable bonds is 4. The maximum atomic E-state index is 13.4. The van der Waals surface area contributed by atoms with Crippen molar-refractivity contribution in [2.75, 3.05) is 38.2 Å². The Balaban J connectivity index is 1.38. The van der Waals surface area contributed by atoms with Gasteiger partial charge < -0.3 is 9.64 Å². The van der Waals surface area contributed by atoms with Gasteiger partial charge in [-0.25, -0.2) is 4.39 Å². The largest absolute Gasteiger partial charge is 0.494 e. The third-order valence-electron chi connectivity index (χ3n) is 5.25. The minimum Gasteiger partial charge on any atom is -0.494 e. The van der Waals surface area contributed by atoms with Crippen molar-refractivity contribution < 1.29 is 9.13 Å². The number of hydrogen-bond acceptors (Lipinski definition) is 3.